The van der Waals surface area contributed by atoms with Gasteiger partial charge in [-0.15, -0.1) is 0 Å². The number of hydrogen-bond acceptors (Lipinski definition) is 5. The van der Waals surface area contributed by atoms with Crippen LogP contribution in [0, 0.1) is 5.92 Å². The van der Waals surface area contributed by atoms with Crippen LogP contribution in [0.25, 0.3) is 0 Å². The molecule has 0 saturated carbocycles. The Hall–Kier alpha value is -0.585. The highest BCUT2D eigenvalue weighted by atomic mass is 16.5. The van der Waals surface area contributed by atoms with E-state index < -0.39 is 7.12 Å². The number of rotatable bonds is 5. The standard InChI is InChI=1S/C8H16BNO4/c11-8(7-2-4-10-6-7)14-5-1-3-9(12)13/h7,10,12-13H,1-6H2. The minimum Gasteiger partial charge on any atom is -0.465 e. The molecule has 1 aliphatic heterocycles. The molecule has 0 aromatic carbocycles. The second-order valence-corrected chi connectivity index (χ2v) is 3.48. The average Bonchev–Trinajstić information content (AvgIpc) is 2.64. The van der Waals surface area contributed by atoms with Crippen molar-refractivity contribution in [2.75, 3.05) is 19.7 Å². The van der Waals surface area contributed by atoms with Gasteiger partial charge >= 0.3 is 13.1 Å². The minimum absolute atomic E-state index is 0.0194. The van der Waals surface area contributed by atoms with Gasteiger partial charge in [-0.05, 0) is 25.7 Å². The fraction of sp³-hybridized carbons (Fsp3) is 0.875. The van der Waals surface area contributed by atoms with Gasteiger partial charge in [0.15, 0.2) is 0 Å². The summed E-state index contributed by atoms with van der Waals surface area (Å²) < 4.78 is 4.98. The smallest absolute Gasteiger partial charge is 0.451 e. The van der Waals surface area contributed by atoms with Gasteiger partial charge in [-0.3, -0.25) is 4.79 Å². The summed E-state index contributed by atoms with van der Waals surface area (Å²) in [6, 6.07) is 0. The van der Waals surface area contributed by atoms with E-state index in [-0.39, 0.29) is 24.8 Å². The van der Waals surface area contributed by atoms with Gasteiger partial charge in [0, 0.05) is 6.54 Å². The quantitative estimate of drug-likeness (QED) is 0.302. The minimum atomic E-state index is -1.30. The van der Waals surface area contributed by atoms with Crippen LogP contribution in [0.5, 0.6) is 0 Å². The Morgan fingerprint density at radius 2 is 2.36 bits per heavy atom. The van der Waals surface area contributed by atoms with Crippen LogP contribution < -0.4 is 5.32 Å². The number of nitrogens with one attached hydrogen (secondary N) is 1. The van der Waals surface area contributed by atoms with Crippen molar-refractivity contribution < 1.29 is 19.6 Å². The molecular weight excluding hydrogens is 185 g/mol. The number of hydrogen-bond donors (Lipinski definition) is 3. The van der Waals surface area contributed by atoms with Gasteiger partial charge in [-0.2, -0.15) is 0 Å². The van der Waals surface area contributed by atoms with Crippen LogP contribution in [0.4, 0.5) is 0 Å². The van der Waals surface area contributed by atoms with Crippen LogP contribution in [0.2, 0.25) is 6.32 Å². The van der Waals surface area contributed by atoms with Crippen LogP contribution in [0.15, 0.2) is 0 Å². The summed E-state index contributed by atoms with van der Waals surface area (Å²) >= 11 is 0. The van der Waals surface area contributed by atoms with Crippen molar-refractivity contribution in [1.29, 1.82) is 0 Å². The number of ether oxygens (including phenoxy) is 1. The molecule has 1 heterocycles. The van der Waals surface area contributed by atoms with Crippen LogP contribution >= 0.6 is 0 Å². The molecule has 0 bridgehead atoms. The highest BCUT2D eigenvalue weighted by molar-refractivity contribution is 6.40. The molecule has 3 N–H and O–H groups in total. The maximum atomic E-state index is 11.3. The van der Waals surface area contributed by atoms with Crippen LogP contribution in [0.3, 0.4) is 0 Å². The first-order chi connectivity index (χ1) is 6.70. The third-order valence-corrected chi connectivity index (χ3v) is 2.24. The Balaban J connectivity index is 2.03. The summed E-state index contributed by atoms with van der Waals surface area (Å²) in [7, 11) is -1.30. The van der Waals surface area contributed by atoms with E-state index in [0.717, 1.165) is 13.0 Å². The number of carbonyl (C=O) groups excluding carboxylic acids is 1. The molecule has 80 valence electrons. The first-order valence-corrected chi connectivity index (χ1v) is 4.93. The predicted molar refractivity (Wildman–Crippen MR) is 51.6 cm³/mol. The highest BCUT2D eigenvalue weighted by Crippen LogP contribution is 2.09. The molecule has 1 aliphatic rings. The van der Waals surface area contributed by atoms with Crippen molar-refractivity contribution in [2.45, 2.75) is 19.2 Å². The Labute approximate surface area is 83.6 Å². The Morgan fingerprint density at radius 1 is 1.57 bits per heavy atom. The molecule has 0 aromatic heterocycles. The fourth-order valence-electron chi connectivity index (χ4n) is 1.41. The highest BCUT2D eigenvalue weighted by Gasteiger charge is 2.23. The number of carbonyl (C=O) groups is 1. The summed E-state index contributed by atoms with van der Waals surface area (Å²) in [5.74, 6) is -0.198. The lowest BCUT2D eigenvalue weighted by Crippen LogP contribution is -2.21. The molecule has 1 fully saturated rings. The lowest BCUT2D eigenvalue weighted by molar-refractivity contribution is -0.147. The maximum Gasteiger partial charge on any atom is 0.451 e. The molecular formula is C8H16BNO4. The summed E-state index contributed by atoms with van der Waals surface area (Å²) in [5.41, 5.74) is 0. The van der Waals surface area contributed by atoms with Crippen LogP contribution in [0.1, 0.15) is 12.8 Å². The van der Waals surface area contributed by atoms with Gasteiger partial charge < -0.3 is 20.1 Å². The molecule has 0 spiro atoms. The van der Waals surface area contributed by atoms with Crippen molar-refractivity contribution in [3.8, 4) is 0 Å². The van der Waals surface area contributed by atoms with E-state index in [4.69, 9.17) is 14.8 Å². The SMILES string of the molecule is O=C(OCCCB(O)O)C1CCNC1. The van der Waals surface area contributed by atoms with Crippen molar-refractivity contribution in [1.82, 2.24) is 5.32 Å². The van der Waals surface area contributed by atoms with E-state index >= 15 is 0 Å². The molecule has 6 heteroatoms. The molecule has 5 nitrogen and oxygen atoms in total. The molecule has 0 amide bonds. The Bertz CT molecular complexity index is 182. The third kappa shape index (κ3) is 4.08. The van der Waals surface area contributed by atoms with Gasteiger partial charge in [0.25, 0.3) is 0 Å². The lowest BCUT2D eigenvalue weighted by Gasteiger charge is -2.08. The van der Waals surface area contributed by atoms with E-state index in [1.165, 1.54) is 0 Å². The van der Waals surface area contributed by atoms with E-state index in [1.807, 2.05) is 0 Å². The van der Waals surface area contributed by atoms with Crippen LogP contribution in [-0.2, 0) is 9.53 Å². The predicted octanol–water partition coefficient (Wildman–Crippen LogP) is -0.998. The van der Waals surface area contributed by atoms with Gasteiger partial charge in [-0.25, -0.2) is 0 Å². The van der Waals surface area contributed by atoms with Crippen LogP contribution in [-0.4, -0.2) is 42.8 Å². The number of esters is 1. The van der Waals surface area contributed by atoms with E-state index in [1.54, 1.807) is 0 Å². The summed E-state index contributed by atoms with van der Waals surface area (Å²) in [4.78, 5) is 11.3. The third-order valence-electron chi connectivity index (χ3n) is 2.24. The fourth-order valence-corrected chi connectivity index (χ4v) is 1.41. The first kappa shape index (κ1) is 11.5. The zero-order chi connectivity index (χ0) is 10.4. The largest absolute Gasteiger partial charge is 0.465 e. The lowest BCUT2D eigenvalue weighted by atomic mass is 9.85. The van der Waals surface area contributed by atoms with Gasteiger partial charge in [-0.1, -0.05) is 0 Å². The summed E-state index contributed by atoms with van der Waals surface area (Å²) in [6.45, 7) is 1.84. The Morgan fingerprint density at radius 3 is 2.93 bits per heavy atom. The second-order valence-electron chi connectivity index (χ2n) is 3.48. The van der Waals surface area contributed by atoms with Crippen molar-refractivity contribution in [3.63, 3.8) is 0 Å². The molecule has 0 radical (unpaired) electrons. The average molecular weight is 201 g/mol. The Kier molecular flexibility index (Phi) is 4.93. The zero-order valence-corrected chi connectivity index (χ0v) is 8.11. The second kappa shape index (κ2) is 6.00. The summed E-state index contributed by atoms with van der Waals surface area (Å²) in [6.07, 6.45) is 1.57. The van der Waals surface area contributed by atoms with Gasteiger partial charge in [0.2, 0.25) is 0 Å². The van der Waals surface area contributed by atoms with Gasteiger partial charge in [0.05, 0.1) is 12.5 Å². The molecule has 1 saturated heterocycles. The maximum absolute atomic E-state index is 11.3. The first-order valence-electron chi connectivity index (χ1n) is 4.93. The molecule has 14 heavy (non-hydrogen) atoms. The topological polar surface area (TPSA) is 78.8 Å². The molecule has 1 rings (SSSR count). The van der Waals surface area contributed by atoms with E-state index in [0.29, 0.717) is 13.0 Å². The van der Waals surface area contributed by atoms with E-state index in [2.05, 4.69) is 5.32 Å². The van der Waals surface area contributed by atoms with Crippen molar-refractivity contribution >= 4 is 13.1 Å². The van der Waals surface area contributed by atoms with Crippen molar-refractivity contribution in [3.05, 3.63) is 0 Å². The summed E-state index contributed by atoms with van der Waals surface area (Å²) in [5, 5.41) is 20.1. The van der Waals surface area contributed by atoms with Crippen molar-refractivity contribution in [2.24, 2.45) is 5.92 Å². The zero-order valence-electron chi connectivity index (χ0n) is 8.11. The monoisotopic (exact) mass is 201 g/mol. The van der Waals surface area contributed by atoms with Gasteiger partial charge in [0.1, 0.15) is 0 Å². The molecule has 0 aliphatic carbocycles. The molecule has 1 atom stereocenters. The van der Waals surface area contributed by atoms with E-state index in [9.17, 15) is 4.79 Å². The molecule has 1 unspecified atom stereocenters. The molecule has 0 aromatic rings. The normalized spacial score (nSPS) is 20.9.